The lowest BCUT2D eigenvalue weighted by Gasteiger charge is -2.37. The van der Waals surface area contributed by atoms with Crippen molar-refractivity contribution in [2.75, 3.05) is 6.54 Å². The lowest BCUT2D eigenvalue weighted by Crippen LogP contribution is -2.99. The maximum Gasteiger partial charge on any atom is 0.329 e. The zero-order chi connectivity index (χ0) is 20.3. The number of ether oxygens (including phenoxy) is 5. The van der Waals surface area contributed by atoms with Crippen molar-refractivity contribution in [1.82, 2.24) is 5.32 Å². The summed E-state index contributed by atoms with van der Waals surface area (Å²) in [5, 5.41) is 21.2. The molecule has 4 heterocycles. The first-order valence-corrected chi connectivity index (χ1v) is 9.03. The number of nitrogens with one attached hydrogen (secondary N) is 2. The number of quaternary nitrogens is 1. The summed E-state index contributed by atoms with van der Waals surface area (Å²) in [4.78, 5) is 12.3. The molecule has 3 saturated heterocycles. The van der Waals surface area contributed by atoms with E-state index in [-0.39, 0.29) is 18.2 Å². The van der Waals surface area contributed by atoms with Gasteiger partial charge in [0.15, 0.2) is 23.6 Å². The number of hydrogen-bond donors (Lipinski definition) is 3. The predicted octanol–water partition coefficient (Wildman–Crippen LogP) is -0.191. The Morgan fingerprint density at radius 2 is 1.75 bits per heavy atom. The highest BCUT2D eigenvalue weighted by Crippen LogP contribution is 2.43. The van der Waals surface area contributed by atoms with Gasteiger partial charge >= 0.3 is 5.88 Å². The van der Waals surface area contributed by atoms with E-state index in [1.165, 1.54) is 12.1 Å². The van der Waals surface area contributed by atoms with Crippen LogP contribution in [0.4, 0.5) is 5.88 Å². The summed E-state index contributed by atoms with van der Waals surface area (Å²) in [6.45, 7) is 7.27. The van der Waals surface area contributed by atoms with E-state index in [0.717, 1.165) is 0 Å². The largest absolute Gasteiger partial charge is 0.592 e. The zero-order valence-electron chi connectivity index (χ0n) is 16.0. The van der Waals surface area contributed by atoms with Gasteiger partial charge in [0.25, 0.3) is 5.91 Å². The van der Waals surface area contributed by atoms with Gasteiger partial charge in [-0.25, -0.2) is 5.21 Å². The molecule has 6 atom stereocenters. The first kappa shape index (κ1) is 19.7. The molecule has 0 aliphatic carbocycles. The predicted molar refractivity (Wildman–Crippen MR) is 89.3 cm³/mol. The molecule has 156 valence electrons. The van der Waals surface area contributed by atoms with Gasteiger partial charge in [-0.1, -0.05) is 0 Å². The molecule has 3 fully saturated rings. The van der Waals surface area contributed by atoms with Gasteiger partial charge in [0.1, 0.15) is 24.4 Å². The number of rotatable bonds is 4. The molecular formula is C17H24N2O9. The molecule has 3 aliphatic heterocycles. The van der Waals surface area contributed by atoms with E-state index in [4.69, 9.17) is 33.3 Å². The standard InChI is InChI=1S/C17H24N2O9/c1-16(2)25-11-9(7-18-14(20)8-5-6-10(23-8)19(21)22)24-15-13(12(11)26-16)27-17(3,4)28-15/h5-6,9,11-13,15,19,21H,7H2,1-4H3,(H,18,20)/t9-,11+,12-,13-,15-/m1/s1. The molecule has 0 spiro atoms. The van der Waals surface area contributed by atoms with Crippen molar-refractivity contribution < 1.29 is 43.3 Å². The molecule has 11 heteroatoms. The van der Waals surface area contributed by atoms with Gasteiger partial charge in [-0.2, -0.15) is 5.23 Å². The average Bonchev–Trinajstić information content (AvgIpc) is 3.25. The summed E-state index contributed by atoms with van der Waals surface area (Å²) in [7, 11) is 0. The molecule has 11 nitrogen and oxygen atoms in total. The van der Waals surface area contributed by atoms with E-state index in [1.54, 1.807) is 27.7 Å². The second-order valence-electron chi connectivity index (χ2n) is 7.89. The van der Waals surface area contributed by atoms with E-state index in [1.807, 2.05) is 0 Å². The van der Waals surface area contributed by atoms with Crippen molar-refractivity contribution in [2.24, 2.45) is 0 Å². The van der Waals surface area contributed by atoms with Crippen LogP contribution in [0.3, 0.4) is 0 Å². The second-order valence-corrected chi connectivity index (χ2v) is 7.89. The fraction of sp³-hybridized carbons (Fsp3) is 0.706. The minimum atomic E-state index is -1.25. The summed E-state index contributed by atoms with van der Waals surface area (Å²) in [6.07, 6.45) is -2.54. The Labute approximate surface area is 160 Å². The van der Waals surface area contributed by atoms with Crippen LogP contribution in [-0.4, -0.2) is 59.9 Å². The fourth-order valence-electron chi connectivity index (χ4n) is 3.71. The minimum Gasteiger partial charge on any atom is -0.592 e. The van der Waals surface area contributed by atoms with Crippen LogP contribution in [-0.2, 0) is 23.7 Å². The Morgan fingerprint density at radius 3 is 2.43 bits per heavy atom. The van der Waals surface area contributed by atoms with Gasteiger partial charge < -0.3 is 38.6 Å². The Bertz CT molecular complexity index is 747. The van der Waals surface area contributed by atoms with Crippen LogP contribution in [0.1, 0.15) is 38.2 Å². The minimum absolute atomic E-state index is 0.0928. The van der Waals surface area contributed by atoms with E-state index in [9.17, 15) is 10.0 Å². The topological polar surface area (TPSA) is 136 Å². The molecule has 1 aromatic heterocycles. The summed E-state index contributed by atoms with van der Waals surface area (Å²) in [5.74, 6) is -2.63. The van der Waals surface area contributed by atoms with Crippen molar-refractivity contribution in [1.29, 1.82) is 0 Å². The zero-order valence-corrected chi connectivity index (χ0v) is 16.0. The third-order valence-electron chi connectivity index (χ3n) is 4.76. The first-order valence-electron chi connectivity index (χ1n) is 9.03. The summed E-state index contributed by atoms with van der Waals surface area (Å²) in [5.41, 5.74) is 0. The second kappa shape index (κ2) is 6.75. The van der Waals surface area contributed by atoms with Crippen LogP contribution in [0.2, 0.25) is 0 Å². The number of carbonyl (C=O) groups is 1. The number of fused-ring (bicyclic) bond motifs is 3. The lowest BCUT2D eigenvalue weighted by molar-refractivity contribution is -0.997. The Morgan fingerprint density at radius 1 is 1.11 bits per heavy atom. The SMILES string of the molecule is CC1(C)O[C@@H]2[C@@H](O1)[C@@H](CNC(=O)c1ccc([NH+]([O-])O)o1)O[C@@H]1OC(C)(C)O[C@@H]12. The van der Waals surface area contributed by atoms with E-state index >= 15 is 0 Å². The quantitative estimate of drug-likeness (QED) is 0.587. The van der Waals surface area contributed by atoms with Crippen LogP contribution in [0, 0.1) is 5.21 Å². The smallest absolute Gasteiger partial charge is 0.329 e. The molecule has 0 radical (unpaired) electrons. The number of amides is 1. The molecule has 1 aromatic rings. The third-order valence-corrected chi connectivity index (χ3v) is 4.76. The average molecular weight is 400 g/mol. The Balaban J connectivity index is 1.45. The maximum absolute atomic E-state index is 12.3. The molecule has 3 aliphatic rings. The summed E-state index contributed by atoms with van der Waals surface area (Å²) in [6, 6.07) is 2.52. The van der Waals surface area contributed by atoms with Gasteiger partial charge in [-0.3, -0.25) is 4.79 Å². The van der Waals surface area contributed by atoms with Gasteiger partial charge in [-0.05, 0) is 33.8 Å². The van der Waals surface area contributed by atoms with Gasteiger partial charge in [0.2, 0.25) is 0 Å². The Hall–Kier alpha value is -1.57. The van der Waals surface area contributed by atoms with Gasteiger partial charge in [0, 0.05) is 12.6 Å². The van der Waals surface area contributed by atoms with E-state index in [0.29, 0.717) is 0 Å². The van der Waals surface area contributed by atoms with Crippen molar-refractivity contribution in [2.45, 2.75) is 70.0 Å². The normalized spacial score (nSPS) is 36.6. The molecule has 4 rings (SSSR count). The fourth-order valence-corrected chi connectivity index (χ4v) is 3.71. The highest BCUT2D eigenvalue weighted by molar-refractivity contribution is 5.91. The van der Waals surface area contributed by atoms with Crippen LogP contribution in [0.5, 0.6) is 0 Å². The molecule has 0 saturated carbocycles. The molecule has 1 amide bonds. The molecule has 3 N–H and O–H groups in total. The molecule has 0 aromatic carbocycles. The maximum atomic E-state index is 12.3. The number of carbonyl (C=O) groups excluding carboxylic acids is 1. The van der Waals surface area contributed by atoms with Crippen molar-refractivity contribution in [3.8, 4) is 0 Å². The highest BCUT2D eigenvalue weighted by atomic mass is 16.9. The molecule has 28 heavy (non-hydrogen) atoms. The van der Waals surface area contributed by atoms with Crippen LogP contribution in [0.25, 0.3) is 0 Å². The van der Waals surface area contributed by atoms with E-state index < -0.39 is 53.4 Å². The van der Waals surface area contributed by atoms with Crippen molar-refractivity contribution in [3.63, 3.8) is 0 Å². The van der Waals surface area contributed by atoms with E-state index in [2.05, 4.69) is 5.32 Å². The number of furan rings is 1. The first-order chi connectivity index (χ1) is 13.0. The van der Waals surface area contributed by atoms with Crippen molar-refractivity contribution in [3.05, 3.63) is 23.1 Å². The van der Waals surface area contributed by atoms with Crippen LogP contribution >= 0.6 is 0 Å². The third kappa shape index (κ3) is 3.67. The van der Waals surface area contributed by atoms with Crippen LogP contribution < -0.4 is 10.5 Å². The van der Waals surface area contributed by atoms with Gasteiger partial charge in [-0.15, -0.1) is 0 Å². The highest BCUT2D eigenvalue weighted by Gasteiger charge is 2.60. The molecular weight excluding hydrogens is 376 g/mol. The van der Waals surface area contributed by atoms with Crippen LogP contribution in [0.15, 0.2) is 16.5 Å². The molecule has 1 unspecified atom stereocenters. The lowest BCUT2D eigenvalue weighted by atomic mass is 9.99. The number of hydrogen-bond acceptors (Lipinski definition) is 9. The monoisotopic (exact) mass is 400 g/mol. The van der Waals surface area contributed by atoms with Gasteiger partial charge in [0.05, 0.1) is 0 Å². The van der Waals surface area contributed by atoms with Crippen molar-refractivity contribution >= 4 is 11.8 Å². The molecule has 0 bridgehead atoms. The summed E-state index contributed by atoms with van der Waals surface area (Å²) < 4.78 is 34.7. The Kier molecular flexibility index (Phi) is 4.75. The summed E-state index contributed by atoms with van der Waals surface area (Å²) >= 11 is 0.